The van der Waals surface area contributed by atoms with E-state index in [0.717, 1.165) is 38.9 Å². The maximum atomic E-state index is 9.08. The van der Waals surface area contributed by atoms with Crippen molar-refractivity contribution in [2.75, 3.05) is 45.9 Å². The third-order valence-corrected chi connectivity index (χ3v) is 3.82. The molecule has 110 valence electrons. The molecule has 0 heterocycles. The van der Waals surface area contributed by atoms with Gasteiger partial charge in [0.05, 0.1) is 13.2 Å². The van der Waals surface area contributed by atoms with Crippen molar-refractivity contribution in [2.24, 2.45) is 5.41 Å². The predicted molar refractivity (Wildman–Crippen MR) is 76.8 cm³/mol. The van der Waals surface area contributed by atoms with Gasteiger partial charge in [-0.05, 0) is 31.2 Å². The average Bonchev–Trinajstić information content (AvgIpc) is 2.38. The number of hydrogen-bond donors (Lipinski definition) is 3. The van der Waals surface area contributed by atoms with Crippen LogP contribution >= 0.6 is 0 Å². The Kier molecular flexibility index (Phi) is 10.6. The Morgan fingerprint density at radius 2 is 1.56 bits per heavy atom. The number of nitrogens with one attached hydrogen (secondary N) is 1. The molecule has 0 spiro atoms. The molecule has 0 radical (unpaired) electrons. The lowest BCUT2D eigenvalue weighted by atomic mass is 9.81. The minimum absolute atomic E-state index is 0.159. The quantitative estimate of drug-likeness (QED) is 0.460. The van der Waals surface area contributed by atoms with Crippen LogP contribution in [0.1, 0.15) is 40.0 Å². The molecule has 3 N–H and O–H groups in total. The molecule has 0 bridgehead atoms. The van der Waals surface area contributed by atoms with E-state index >= 15 is 0 Å². The van der Waals surface area contributed by atoms with E-state index < -0.39 is 0 Å². The summed E-state index contributed by atoms with van der Waals surface area (Å²) in [6.07, 6.45) is 3.39. The molecule has 4 heteroatoms. The van der Waals surface area contributed by atoms with Crippen molar-refractivity contribution >= 4 is 0 Å². The third kappa shape index (κ3) is 6.69. The average molecular weight is 260 g/mol. The maximum absolute atomic E-state index is 9.08. The lowest BCUT2D eigenvalue weighted by Gasteiger charge is -2.37. The zero-order valence-corrected chi connectivity index (χ0v) is 12.4. The molecule has 18 heavy (non-hydrogen) atoms. The van der Waals surface area contributed by atoms with Gasteiger partial charge in [-0.2, -0.15) is 0 Å². The molecule has 0 saturated heterocycles. The van der Waals surface area contributed by atoms with Crippen LogP contribution in [0, 0.1) is 5.41 Å². The molecular formula is C14H32N2O2. The fraction of sp³-hybridized carbons (Fsp3) is 1.00. The van der Waals surface area contributed by atoms with Gasteiger partial charge in [-0.25, -0.2) is 0 Å². The fourth-order valence-corrected chi connectivity index (χ4v) is 2.34. The molecule has 0 unspecified atom stereocenters. The summed E-state index contributed by atoms with van der Waals surface area (Å²) in [6, 6.07) is 0. The summed E-state index contributed by atoms with van der Waals surface area (Å²) in [5.41, 5.74) is 0.250. The molecular weight excluding hydrogens is 228 g/mol. The second-order valence-electron chi connectivity index (χ2n) is 5.11. The van der Waals surface area contributed by atoms with Gasteiger partial charge in [0.25, 0.3) is 0 Å². The second-order valence-corrected chi connectivity index (χ2v) is 5.11. The summed E-state index contributed by atoms with van der Waals surface area (Å²) in [5, 5.41) is 21.7. The third-order valence-electron chi connectivity index (χ3n) is 3.82. The van der Waals surface area contributed by atoms with Crippen LogP contribution in [0.5, 0.6) is 0 Å². The van der Waals surface area contributed by atoms with E-state index in [1.54, 1.807) is 0 Å². The molecule has 0 saturated carbocycles. The topological polar surface area (TPSA) is 55.7 Å². The van der Waals surface area contributed by atoms with Gasteiger partial charge in [-0.1, -0.05) is 20.8 Å². The van der Waals surface area contributed by atoms with Crippen molar-refractivity contribution in [3.63, 3.8) is 0 Å². The lowest BCUT2D eigenvalue weighted by Crippen LogP contribution is -2.45. The Bertz CT molecular complexity index is 179. The largest absolute Gasteiger partial charge is 0.395 e. The Morgan fingerprint density at radius 1 is 1.00 bits per heavy atom. The van der Waals surface area contributed by atoms with Crippen molar-refractivity contribution in [1.82, 2.24) is 10.2 Å². The van der Waals surface area contributed by atoms with Crippen LogP contribution in [0.25, 0.3) is 0 Å². The van der Waals surface area contributed by atoms with E-state index in [1.165, 1.54) is 0 Å². The van der Waals surface area contributed by atoms with E-state index in [9.17, 15) is 0 Å². The van der Waals surface area contributed by atoms with Crippen molar-refractivity contribution in [3.8, 4) is 0 Å². The van der Waals surface area contributed by atoms with Gasteiger partial charge < -0.3 is 15.5 Å². The zero-order chi connectivity index (χ0) is 13.9. The van der Waals surface area contributed by atoms with Gasteiger partial charge in [-0.3, -0.25) is 4.90 Å². The van der Waals surface area contributed by atoms with E-state index in [-0.39, 0.29) is 18.6 Å². The van der Waals surface area contributed by atoms with Crippen LogP contribution in [0.15, 0.2) is 0 Å². The van der Waals surface area contributed by atoms with E-state index in [4.69, 9.17) is 10.2 Å². The normalized spacial score (nSPS) is 12.3. The molecule has 4 nitrogen and oxygen atoms in total. The van der Waals surface area contributed by atoms with Gasteiger partial charge >= 0.3 is 0 Å². The lowest BCUT2D eigenvalue weighted by molar-refractivity contribution is 0.0966. The highest BCUT2D eigenvalue weighted by atomic mass is 16.3. The van der Waals surface area contributed by atoms with Gasteiger partial charge in [0.15, 0.2) is 0 Å². The molecule has 0 aliphatic heterocycles. The first-order valence-corrected chi connectivity index (χ1v) is 7.32. The Balaban J connectivity index is 4.43. The van der Waals surface area contributed by atoms with Crippen LogP contribution in [0.2, 0.25) is 0 Å². The van der Waals surface area contributed by atoms with Crippen molar-refractivity contribution in [2.45, 2.75) is 40.0 Å². The smallest absolute Gasteiger partial charge is 0.0558 e. The van der Waals surface area contributed by atoms with Gasteiger partial charge in [-0.15, -0.1) is 0 Å². The van der Waals surface area contributed by atoms with Gasteiger partial charge in [0.2, 0.25) is 0 Å². The highest BCUT2D eigenvalue weighted by molar-refractivity contribution is 4.83. The Labute approximate surface area is 112 Å². The first kappa shape index (κ1) is 17.8. The predicted octanol–water partition coefficient (Wildman–Crippen LogP) is 1.08. The summed E-state index contributed by atoms with van der Waals surface area (Å²) in [6.45, 7) is 11.3. The number of rotatable bonds is 12. The molecule has 0 aromatic rings. The molecule has 0 aromatic heterocycles. The summed E-state index contributed by atoms with van der Waals surface area (Å²) in [7, 11) is 0. The standard InChI is InChI=1S/C14H32N2O2/c1-4-7-15-12-14(5-2,6-3)13-16(8-10-17)9-11-18/h15,17-18H,4-13H2,1-3H3. The van der Waals surface area contributed by atoms with Crippen molar-refractivity contribution < 1.29 is 10.2 Å². The monoisotopic (exact) mass is 260 g/mol. The molecule has 0 aromatic carbocycles. The van der Waals surface area contributed by atoms with Gasteiger partial charge in [0, 0.05) is 26.2 Å². The summed E-state index contributed by atoms with van der Waals surface area (Å²) in [4.78, 5) is 2.17. The minimum Gasteiger partial charge on any atom is -0.395 e. The van der Waals surface area contributed by atoms with Crippen molar-refractivity contribution in [3.05, 3.63) is 0 Å². The van der Waals surface area contributed by atoms with E-state index in [2.05, 4.69) is 31.0 Å². The first-order chi connectivity index (χ1) is 8.67. The molecule has 0 aliphatic carbocycles. The molecule has 0 amide bonds. The molecule has 0 atom stereocenters. The fourth-order valence-electron chi connectivity index (χ4n) is 2.34. The highest BCUT2D eigenvalue weighted by Gasteiger charge is 2.28. The molecule has 0 fully saturated rings. The van der Waals surface area contributed by atoms with Crippen LogP contribution < -0.4 is 5.32 Å². The van der Waals surface area contributed by atoms with Crippen molar-refractivity contribution in [1.29, 1.82) is 0 Å². The highest BCUT2D eigenvalue weighted by Crippen LogP contribution is 2.26. The van der Waals surface area contributed by atoms with E-state index in [0.29, 0.717) is 13.1 Å². The number of hydrogen-bond acceptors (Lipinski definition) is 4. The molecule has 0 aliphatic rings. The summed E-state index contributed by atoms with van der Waals surface area (Å²) in [5.74, 6) is 0. The molecule has 0 rings (SSSR count). The van der Waals surface area contributed by atoms with Crippen LogP contribution in [-0.4, -0.2) is 61.1 Å². The van der Waals surface area contributed by atoms with Crippen LogP contribution in [-0.2, 0) is 0 Å². The Hall–Kier alpha value is -0.160. The van der Waals surface area contributed by atoms with E-state index in [1.807, 2.05) is 0 Å². The second kappa shape index (κ2) is 10.7. The number of nitrogens with zero attached hydrogens (tertiary/aromatic N) is 1. The van der Waals surface area contributed by atoms with Gasteiger partial charge in [0.1, 0.15) is 0 Å². The summed E-state index contributed by atoms with van der Waals surface area (Å²) >= 11 is 0. The summed E-state index contributed by atoms with van der Waals surface area (Å²) < 4.78 is 0. The van der Waals surface area contributed by atoms with Crippen LogP contribution in [0.3, 0.4) is 0 Å². The Morgan fingerprint density at radius 3 is 1.94 bits per heavy atom. The zero-order valence-electron chi connectivity index (χ0n) is 12.4. The first-order valence-electron chi connectivity index (χ1n) is 7.32. The van der Waals surface area contributed by atoms with Crippen LogP contribution in [0.4, 0.5) is 0 Å². The number of aliphatic hydroxyl groups is 2. The minimum atomic E-state index is 0.159. The number of aliphatic hydroxyl groups excluding tert-OH is 2. The maximum Gasteiger partial charge on any atom is 0.0558 e. The SMILES string of the molecule is CCCNCC(CC)(CC)CN(CCO)CCO.